The van der Waals surface area contributed by atoms with Gasteiger partial charge in [0, 0.05) is 11.6 Å². The summed E-state index contributed by atoms with van der Waals surface area (Å²) in [5.41, 5.74) is 3.23. The van der Waals surface area contributed by atoms with E-state index in [9.17, 15) is 0 Å². The lowest BCUT2D eigenvalue weighted by Crippen LogP contribution is -2.06. The van der Waals surface area contributed by atoms with Gasteiger partial charge in [0.2, 0.25) is 5.82 Å². The van der Waals surface area contributed by atoms with E-state index in [1.165, 1.54) is 5.56 Å². The van der Waals surface area contributed by atoms with Crippen molar-refractivity contribution in [1.82, 2.24) is 10.1 Å². The molecule has 0 N–H and O–H groups in total. The zero-order valence-corrected chi connectivity index (χ0v) is 16.5. The van der Waals surface area contributed by atoms with Gasteiger partial charge in [0.05, 0.1) is 9.67 Å². The van der Waals surface area contributed by atoms with Crippen LogP contribution in [0.1, 0.15) is 30.9 Å². The molecule has 2 aromatic carbocycles. The normalized spacial score (nSPS) is 11.4. The third-order valence-electron chi connectivity index (χ3n) is 3.49. The number of aryl methyl sites for hydroxylation is 1. The summed E-state index contributed by atoms with van der Waals surface area (Å²) < 4.78 is 12.1. The van der Waals surface area contributed by atoms with Gasteiger partial charge in [0.25, 0.3) is 5.89 Å². The van der Waals surface area contributed by atoms with E-state index >= 15 is 0 Å². The molecule has 0 spiro atoms. The summed E-state index contributed by atoms with van der Waals surface area (Å²) in [4.78, 5) is 4.44. The molecule has 0 aliphatic heterocycles. The van der Waals surface area contributed by atoms with Gasteiger partial charge in [-0.2, -0.15) is 4.98 Å². The van der Waals surface area contributed by atoms with Crippen LogP contribution >= 0.6 is 22.6 Å². The van der Waals surface area contributed by atoms with E-state index in [0.717, 1.165) is 20.4 Å². The molecule has 25 heavy (non-hydrogen) atoms. The molecule has 5 heteroatoms. The van der Waals surface area contributed by atoms with E-state index in [1.807, 2.05) is 44.2 Å². The third kappa shape index (κ3) is 4.69. The van der Waals surface area contributed by atoms with Crippen molar-refractivity contribution in [3.63, 3.8) is 0 Å². The monoisotopic (exact) mass is 446 g/mol. The van der Waals surface area contributed by atoms with Crippen LogP contribution in [0.3, 0.4) is 0 Å². The Morgan fingerprint density at radius 3 is 2.52 bits per heavy atom. The Morgan fingerprint density at radius 2 is 1.84 bits per heavy atom. The van der Waals surface area contributed by atoms with Crippen LogP contribution in [-0.4, -0.2) is 16.2 Å². The van der Waals surface area contributed by atoms with Gasteiger partial charge >= 0.3 is 0 Å². The van der Waals surface area contributed by atoms with Gasteiger partial charge in [-0.25, -0.2) is 0 Å². The zero-order chi connectivity index (χ0) is 17.8. The van der Waals surface area contributed by atoms with Gasteiger partial charge in [0.15, 0.2) is 0 Å². The topological polar surface area (TPSA) is 48.2 Å². The van der Waals surface area contributed by atoms with Gasteiger partial charge in [-0.1, -0.05) is 35.0 Å². The van der Waals surface area contributed by atoms with Crippen LogP contribution in [0, 0.1) is 10.5 Å². The van der Waals surface area contributed by atoms with Crippen molar-refractivity contribution in [2.24, 2.45) is 0 Å². The number of aromatic nitrogens is 2. The van der Waals surface area contributed by atoms with Gasteiger partial charge in [-0.3, -0.25) is 0 Å². The molecule has 0 fully saturated rings. The summed E-state index contributed by atoms with van der Waals surface area (Å²) in [5, 5.41) is 4.06. The quantitative estimate of drug-likeness (QED) is 0.479. The first-order valence-corrected chi connectivity index (χ1v) is 9.14. The van der Waals surface area contributed by atoms with Crippen molar-refractivity contribution in [3.05, 3.63) is 63.1 Å². The summed E-state index contributed by atoms with van der Waals surface area (Å²) in [6.45, 7) is 6.09. The minimum absolute atomic E-state index is 0.142. The summed E-state index contributed by atoms with van der Waals surface area (Å²) in [6, 6.07) is 14.1. The van der Waals surface area contributed by atoms with Crippen molar-refractivity contribution in [2.75, 3.05) is 0 Å². The summed E-state index contributed by atoms with van der Waals surface area (Å²) in [7, 11) is 0. The number of benzene rings is 2. The highest BCUT2D eigenvalue weighted by Gasteiger charge is 2.10. The van der Waals surface area contributed by atoms with Crippen LogP contribution < -0.4 is 4.74 Å². The molecule has 3 rings (SSSR count). The highest BCUT2D eigenvalue weighted by molar-refractivity contribution is 14.1. The average Bonchev–Trinajstić information content (AvgIpc) is 3.05. The minimum Gasteiger partial charge on any atom is -0.490 e. The molecule has 0 unspecified atom stereocenters. The second-order valence-electron chi connectivity index (χ2n) is 6.01. The van der Waals surface area contributed by atoms with Gasteiger partial charge < -0.3 is 9.26 Å². The zero-order valence-electron chi connectivity index (χ0n) is 14.4. The van der Waals surface area contributed by atoms with E-state index in [1.54, 1.807) is 0 Å². The second kappa shape index (κ2) is 7.82. The fourth-order valence-electron chi connectivity index (χ4n) is 2.25. The van der Waals surface area contributed by atoms with Crippen molar-refractivity contribution < 1.29 is 9.26 Å². The van der Waals surface area contributed by atoms with Crippen molar-refractivity contribution in [1.29, 1.82) is 0 Å². The number of nitrogens with zero attached hydrogens (tertiary/aromatic N) is 2. The molecule has 0 radical (unpaired) electrons. The van der Waals surface area contributed by atoms with Gasteiger partial charge in [0.1, 0.15) is 5.75 Å². The predicted octanol–water partition coefficient (Wildman–Crippen LogP) is 5.61. The average molecular weight is 446 g/mol. The molecule has 0 saturated heterocycles. The highest BCUT2D eigenvalue weighted by atomic mass is 127. The van der Waals surface area contributed by atoms with Gasteiger partial charge in [-0.15, -0.1) is 0 Å². The van der Waals surface area contributed by atoms with E-state index in [2.05, 4.69) is 63.9 Å². The summed E-state index contributed by atoms with van der Waals surface area (Å²) in [5.74, 6) is 1.91. The lowest BCUT2D eigenvalue weighted by Gasteiger charge is -2.11. The van der Waals surface area contributed by atoms with E-state index in [-0.39, 0.29) is 6.10 Å². The van der Waals surface area contributed by atoms with Crippen LogP contribution in [0.2, 0.25) is 0 Å². The Morgan fingerprint density at radius 1 is 1.08 bits per heavy atom. The van der Waals surface area contributed by atoms with E-state index in [0.29, 0.717) is 11.7 Å². The standard InChI is InChI=1S/C20H19IN2O2/c1-13(2)24-18-10-9-16(12-17(18)21)20-22-19(25-23-20)11-8-15-6-4-14(3)5-7-15/h4-13H,1-3H3. The third-order valence-corrected chi connectivity index (χ3v) is 4.33. The lowest BCUT2D eigenvalue weighted by atomic mass is 10.1. The number of hydrogen-bond acceptors (Lipinski definition) is 4. The first-order valence-electron chi connectivity index (χ1n) is 8.06. The maximum atomic E-state index is 5.75. The lowest BCUT2D eigenvalue weighted by molar-refractivity contribution is 0.240. The van der Waals surface area contributed by atoms with Crippen LogP contribution in [0.25, 0.3) is 23.5 Å². The second-order valence-corrected chi connectivity index (χ2v) is 7.17. The molecular weight excluding hydrogens is 427 g/mol. The molecule has 4 nitrogen and oxygen atoms in total. The number of hydrogen-bond donors (Lipinski definition) is 0. The van der Waals surface area contributed by atoms with E-state index in [4.69, 9.17) is 9.26 Å². The highest BCUT2D eigenvalue weighted by Crippen LogP contribution is 2.27. The maximum Gasteiger partial charge on any atom is 0.250 e. The molecular formula is C20H19IN2O2. The molecule has 3 aromatic rings. The van der Waals surface area contributed by atoms with E-state index < -0.39 is 0 Å². The Balaban J connectivity index is 1.77. The number of ether oxygens (including phenoxy) is 1. The van der Waals surface area contributed by atoms with Crippen LogP contribution in [0.15, 0.2) is 47.0 Å². The largest absolute Gasteiger partial charge is 0.490 e. The van der Waals surface area contributed by atoms with Crippen molar-refractivity contribution in [3.8, 4) is 17.1 Å². The molecule has 1 heterocycles. The molecule has 0 saturated carbocycles. The molecule has 1 aromatic heterocycles. The smallest absolute Gasteiger partial charge is 0.250 e. The summed E-state index contributed by atoms with van der Waals surface area (Å²) in [6.07, 6.45) is 3.92. The fourth-order valence-corrected chi connectivity index (χ4v) is 2.90. The molecule has 0 amide bonds. The first kappa shape index (κ1) is 17.7. The Labute approximate surface area is 161 Å². The fraction of sp³-hybridized carbons (Fsp3) is 0.200. The van der Waals surface area contributed by atoms with Crippen LogP contribution in [-0.2, 0) is 0 Å². The predicted molar refractivity (Wildman–Crippen MR) is 108 cm³/mol. The maximum absolute atomic E-state index is 5.75. The van der Waals surface area contributed by atoms with Gasteiger partial charge in [-0.05, 0) is 73.2 Å². The van der Waals surface area contributed by atoms with Crippen molar-refractivity contribution in [2.45, 2.75) is 26.9 Å². The molecule has 0 atom stereocenters. The minimum atomic E-state index is 0.142. The summed E-state index contributed by atoms with van der Waals surface area (Å²) >= 11 is 2.25. The van der Waals surface area contributed by atoms with Crippen molar-refractivity contribution >= 4 is 34.7 Å². The Bertz CT molecular complexity index is 883. The molecule has 0 aliphatic rings. The van der Waals surface area contributed by atoms with Crippen LogP contribution in [0.4, 0.5) is 0 Å². The number of halogens is 1. The Kier molecular flexibility index (Phi) is 5.53. The van der Waals surface area contributed by atoms with Crippen LogP contribution in [0.5, 0.6) is 5.75 Å². The molecule has 0 bridgehead atoms. The first-order chi connectivity index (χ1) is 12.0. The SMILES string of the molecule is Cc1ccc(C=Cc2nc(-c3ccc(OC(C)C)c(I)c3)no2)cc1. The Hall–Kier alpha value is -2.15. The molecule has 128 valence electrons. The molecule has 0 aliphatic carbocycles. The number of rotatable bonds is 5.